The SMILES string of the molecule is CCOC(=O)C1=C(O)/C(=C\c2cc(O)ccc2O)SC1=Nc1ccccc1CC. The van der Waals surface area contributed by atoms with Crippen molar-refractivity contribution in [3.05, 3.63) is 69.8 Å². The smallest absolute Gasteiger partial charge is 0.344 e. The van der Waals surface area contributed by atoms with Gasteiger partial charge < -0.3 is 20.1 Å². The lowest BCUT2D eigenvalue weighted by Gasteiger charge is -2.06. The van der Waals surface area contributed by atoms with Gasteiger partial charge in [-0.15, -0.1) is 0 Å². The Bertz CT molecular complexity index is 1040. The molecule has 0 aromatic heterocycles. The molecule has 150 valence electrons. The molecule has 2 aromatic carbocycles. The van der Waals surface area contributed by atoms with Crippen LogP contribution >= 0.6 is 11.8 Å². The summed E-state index contributed by atoms with van der Waals surface area (Å²) in [6.07, 6.45) is 2.25. The Morgan fingerprint density at radius 2 is 1.90 bits per heavy atom. The van der Waals surface area contributed by atoms with E-state index < -0.39 is 5.97 Å². The first-order valence-electron chi connectivity index (χ1n) is 9.13. The van der Waals surface area contributed by atoms with Gasteiger partial charge in [-0.25, -0.2) is 9.79 Å². The summed E-state index contributed by atoms with van der Waals surface area (Å²) in [5.74, 6) is -1.04. The maximum atomic E-state index is 12.5. The van der Waals surface area contributed by atoms with Crippen molar-refractivity contribution in [2.75, 3.05) is 6.61 Å². The summed E-state index contributed by atoms with van der Waals surface area (Å²) >= 11 is 1.10. The third-order valence-electron chi connectivity index (χ3n) is 4.26. The number of carbonyl (C=O) groups is 1. The van der Waals surface area contributed by atoms with Crippen LogP contribution in [-0.2, 0) is 16.0 Å². The van der Waals surface area contributed by atoms with Crippen molar-refractivity contribution in [3.63, 3.8) is 0 Å². The number of thioether (sulfide) groups is 1. The second kappa shape index (κ2) is 8.87. The molecule has 3 N–H and O–H groups in total. The van der Waals surface area contributed by atoms with E-state index in [2.05, 4.69) is 4.99 Å². The normalized spacial score (nSPS) is 16.6. The summed E-state index contributed by atoms with van der Waals surface area (Å²) in [5, 5.41) is 30.7. The van der Waals surface area contributed by atoms with Crippen LogP contribution in [-0.4, -0.2) is 32.9 Å². The summed E-state index contributed by atoms with van der Waals surface area (Å²) in [7, 11) is 0. The maximum Gasteiger partial charge on any atom is 0.344 e. The fourth-order valence-corrected chi connectivity index (χ4v) is 3.84. The van der Waals surface area contributed by atoms with Crippen LogP contribution in [0.5, 0.6) is 11.5 Å². The Morgan fingerprint density at radius 1 is 1.14 bits per heavy atom. The second-order valence-electron chi connectivity index (χ2n) is 6.20. The molecule has 0 fully saturated rings. The Labute approximate surface area is 172 Å². The fourth-order valence-electron chi connectivity index (χ4n) is 2.82. The van der Waals surface area contributed by atoms with E-state index in [-0.39, 0.29) is 29.4 Å². The molecule has 1 heterocycles. The highest BCUT2D eigenvalue weighted by molar-refractivity contribution is 8.18. The number of hydrogen-bond donors (Lipinski definition) is 3. The number of aryl methyl sites for hydroxylation is 1. The summed E-state index contributed by atoms with van der Waals surface area (Å²) in [4.78, 5) is 17.4. The molecule has 0 spiro atoms. The number of aliphatic hydroxyl groups is 1. The molecule has 0 radical (unpaired) electrons. The third-order valence-corrected chi connectivity index (χ3v) is 5.28. The number of aliphatic hydroxyl groups excluding tert-OH is 1. The molecule has 0 bridgehead atoms. The standard InChI is InChI=1S/C22H21NO5S/c1-3-13-7-5-6-8-16(13)23-21-19(22(27)28-4-2)20(26)18(29-21)12-14-11-15(24)9-10-17(14)25/h5-12,24-26H,3-4H2,1-2H3/b18-12+,23-21?. The molecule has 7 heteroatoms. The Balaban J connectivity index is 2.10. The van der Waals surface area contributed by atoms with E-state index in [0.29, 0.717) is 21.2 Å². The summed E-state index contributed by atoms with van der Waals surface area (Å²) in [6, 6.07) is 11.6. The number of nitrogens with zero attached hydrogens (tertiary/aromatic N) is 1. The quantitative estimate of drug-likeness (QED) is 0.480. The number of carbonyl (C=O) groups excluding carboxylic acids is 1. The van der Waals surface area contributed by atoms with Crippen LogP contribution in [0.25, 0.3) is 6.08 Å². The number of para-hydroxylation sites is 1. The van der Waals surface area contributed by atoms with E-state index in [1.807, 2.05) is 31.2 Å². The average Bonchev–Trinajstić information content (AvgIpc) is 3.00. The first kappa shape index (κ1) is 20.5. The van der Waals surface area contributed by atoms with Gasteiger partial charge in [0.2, 0.25) is 0 Å². The molecule has 0 saturated heterocycles. The Kier molecular flexibility index (Phi) is 6.29. The topological polar surface area (TPSA) is 99.4 Å². The van der Waals surface area contributed by atoms with Crippen LogP contribution in [0.3, 0.4) is 0 Å². The highest BCUT2D eigenvalue weighted by Gasteiger charge is 2.33. The van der Waals surface area contributed by atoms with Crippen molar-refractivity contribution >= 4 is 34.5 Å². The van der Waals surface area contributed by atoms with Crippen LogP contribution in [0, 0.1) is 0 Å². The van der Waals surface area contributed by atoms with Gasteiger partial charge in [-0.1, -0.05) is 36.9 Å². The number of aliphatic imine (C=N–C) groups is 1. The number of aromatic hydroxyl groups is 2. The van der Waals surface area contributed by atoms with Crippen LogP contribution in [0.4, 0.5) is 5.69 Å². The lowest BCUT2D eigenvalue weighted by molar-refractivity contribution is -0.138. The van der Waals surface area contributed by atoms with Gasteiger partial charge in [0.1, 0.15) is 27.9 Å². The van der Waals surface area contributed by atoms with Crippen molar-refractivity contribution in [1.29, 1.82) is 0 Å². The highest BCUT2D eigenvalue weighted by Crippen LogP contribution is 2.41. The van der Waals surface area contributed by atoms with Crippen LogP contribution in [0.1, 0.15) is 25.0 Å². The number of benzene rings is 2. The molecule has 2 aromatic rings. The predicted octanol–water partition coefficient (Wildman–Crippen LogP) is 4.85. The van der Waals surface area contributed by atoms with Crippen LogP contribution in [0.15, 0.2) is 63.7 Å². The summed E-state index contributed by atoms with van der Waals surface area (Å²) in [5.41, 5.74) is 1.99. The maximum absolute atomic E-state index is 12.5. The molecule has 0 atom stereocenters. The molecular formula is C22H21NO5S. The van der Waals surface area contributed by atoms with Gasteiger partial charge in [0.15, 0.2) is 0 Å². The van der Waals surface area contributed by atoms with Gasteiger partial charge >= 0.3 is 5.97 Å². The molecule has 0 saturated carbocycles. The average molecular weight is 411 g/mol. The molecule has 6 nitrogen and oxygen atoms in total. The van der Waals surface area contributed by atoms with Crippen molar-refractivity contribution in [2.24, 2.45) is 4.99 Å². The number of hydrogen-bond acceptors (Lipinski definition) is 7. The van der Waals surface area contributed by atoms with E-state index in [9.17, 15) is 20.1 Å². The molecule has 3 rings (SSSR count). The second-order valence-corrected chi connectivity index (χ2v) is 7.23. The predicted molar refractivity (Wildman–Crippen MR) is 115 cm³/mol. The van der Waals surface area contributed by atoms with Gasteiger partial charge in [0.05, 0.1) is 17.2 Å². The zero-order valence-corrected chi connectivity index (χ0v) is 16.9. The molecule has 0 unspecified atom stereocenters. The molecule has 1 aliphatic rings. The summed E-state index contributed by atoms with van der Waals surface area (Å²) < 4.78 is 5.09. The minimum atomic E-state index is -0.672. The van der Waals surface area contributed by atoms with Gasteiger partial charge in [-0.05, 0) is 49.2 Å². The zero-order valence-electron chi connectivity index (χ0n) is 16.0. The van der Waals surface area contributed by atoms with E-state index in [0.717, 1.165) is 23.7 Å². The van der Waals surface area contributed by atoms with Crippen molar-refractivity contribution in [2.45, 2.75) is 20.3 Å². The molecule has 1 aliphatic heterocycles. The van der Waals surface area contributed by atoms with Crippen LogP contribution in [0.2, 0.25) is 0 Å². The van der Waals surface area contributed by atoms with Gasteiger partial charge in [0, 0.05) is 5.56 Å². The van der Waals surface area contributed by atoms with Gasteiger partial charge in [-0.3, -0.25) is 0 Å². The number of phenols is 2. The molecule has 0 amide bonds. The molecule has 0 aliphatic carbocycles. The van der Waals surface area contributed by atoms with E-state index in [4.69, 9.17) is 4.74 Å². The fraction of sp³-hybridized carbons (Fsp3) is 0.182. The monoisotopic (exact) mass is 411 g/mol. The van der Waals surface area contributed by atoms with E-state index >= 15 is 0 Å². The lowest BCUT2D eigenvalue weighted by atomic mass is 10.1. The van der Waals surface area contributed by atoms with Crippen molar-refractivity contribution < 1.29 is 24.9 Å². The number of rotatable bonds is 5. The van der Waals surface area contributed by atoms with Crippen LogP contribution < -0.4 is 0 Å². The van der Waals surface area contributed by atoms with Gasteiger partial charge in [-0.2, -0.15) is 0 Å². The first-order valence-corrected chi connectivity index (χ1v) is 9.95. The van der Waals surface area contributed by atoms with E-state index in [1.54, 1.807) is 6.92 Å². The third kappa shape index (κ3) is 4.46. The van der Waals surface area contributed by atoms with E-state index in [1.165, 1.54) is 24.3 Å². The largest absolute Gasteiger partial charge is 0.508 e. The minimum Gasteiger partial charge on any atom is -0.508 e. The van der Waals surface area contributed by atoms with Gasteiger partial charge in [0.25, 0.3) is 0 Å². The Hall–Kier alpha value is -3.19. The number of phenolic OH excluding ortho intramolecular Hbond substituents is 2. The number of ether oxygens (including phenoxy) is 1. The Morgan fingerprint density at radius 3 is 2.62 bits per heavy atom. The summed E-state index contributed by atoms with van der Waals surface area (Å²) in [6.45, 7) is 3.85. The molecule has 29 heavy (non-hydrogen) atoms. The minimum absolute atomic E-state index is 0.0198. The highest BCUT2D eigenvalue weighted by atomic mass is 32.2. The molecular weight excluding hydrogens is 390 g/mol. The van der Waals surface area contributed by atoms with Crippen molar-refractivity contribution in [3.8, 4) is 11.5 Å². The van der Waals surface area contributed by atoms with Crippen molar-refractivity contribution in [1.82, 2.24) is 0 Å². The lowest BCUT2D eigenvalue weighted by Crippen LogP contribution is -2.13. The first-order chi connectivity index (χ1) is 13.9. The number of esters is 1. The zero-order chi connectivity index (χ0) is 21.0.